The topological polar surface area (TPSA) is 64.2 Å². The number of carbonyl (C=O) groups excluding carboxylic acids is 3. The largest absolute Gasteiger partial charge is 0.340 e. The Labute approximate surface area is 217 Å². The first-order chi connectivity index (χ1) is 18.0. The number of benzene rings is 3. The van der Waals surface area contributed by atoms with E-state index in [2.05, 4.69) is 4.90 Å². The minimum Gasteiger partial charge on any atom is -0.340 e. The summed E-state index contributed by atoms with van der Waals surface area (Å²) in [6.07, 6.45) is 1.04. The van der Waals surface area contributed by atoms with Gasteiger partial charge in [-0.25, -0.2) is 0 Å². The number of piperidine rings is 1. The van der Waals surface area contributed by atoms with E-state index in [0.29, 0.717) is 44.7 Å². The van der Waals surface area contributed by atoms with Crippen molar-refractivity contribution in [3.8, 4) is 0 Å². The van der Waals surface area contributed by atoms with Crippen LogP contribution >= 0.6 is 0 Å². The lowest BCUT2D eigenvalue weighted by molar-refractivity contribution is -0.140. The molecule has 1 spiro atoms. The number of rotatable bonds is 6. The SMILES string of the molecule is CN(Cc1ccccc1)C(=O)CN1CN(c2ccccc2)C2(CCN(C(=O)c3ccccc3)CC2)C1=O. The second-order valence-corrected chi connectivity index (χ2v) is 9.83. The van der Waals surface area contributed by atoms with Crippen LogP contribution in [0.25, 0.3) is 0 Å². The molecule has 37 heavy (non-hydrogen) atoms. The molecule has 2 aliphatic heterocycles. The molecule has 3 amide bonds. The molecule has 190 valence electrons. The van der Waals surface area contributed by atoms with E-state index in [9.17, 15) is 14.4 Å². The Bertz CT molecular complexity index is 1240. The number of hydrogen-bond acceptors (Lipinski definition) is 4. The fourth-order valence-corrected chi connectivity index (χ4v) is 5.39. The van der Waals surface area contributed by atoms with Crippen molar-refractivity contribution in [2.24, 2.45) is 0 Å². The van der Waals surface area contributed by atoms with Crippen molar-refractivity contribution >= 4 is 23.4 Å². The van der Waals surface area contributed by atoms with Gasteiger partial charge in [-0.1, -0.05) is 66.7 Å². The van der Waals surface area contributed by atoms with Crippen LogP contribution < -0.4 is 4.90 Å². The Balaban J connectivity index is 1.33. The first-order valence-electron chi connectivity index (χ1n) is 12.7. The number of likely N-dealkylation sites (N-methyl/N-ethyl adjacent to an activating group) is 1. The van der Waals surface area contributed by atoms with E-state index in [1.165, 1.54) is 0 Å². The molecule has 2 heterocycles. The number of para-hydroxylation sites is 1. The molecule has 5 rings (SSSR count). The standard InChI is InChI=1S/C30H32N4O3/c1-31(21-24-11-5-2-6-12-24)27(35)22-33-23-34(26-15-9-4-10-16-26)30(29(33)37)17-19-32(20-18-30)28(36)25-13-7-3-8-14-25/h2-16H,17-23H2,1H3. The maximum atomic E-state index is 13.9. The fourth-order valence-electron chi connectivity index (χ4n) is 5.39. The molecular weight excluding hydrogens is 464 g/mol. The Morgan fingerprint density at radius 2 is 1.41 bits per heavy atom. The van der Waals surface area contributed by atoms with Crippen LogP contribution in [0.15, 0.2) is 91.0 Å². The molecule has 2 saturated heterocycles. The third-order valence-electron chi connectivity index (χ3n) is 7.49. The Morgan fingerprint density at radius 1 is 0.838 bits per heavy atom. The van der Waals surface area contributed by atoms with Crippen molar-refractivity contribution in [1.29, 1.82) is 0 Å². The average molecular weight is 497 g/mol. The van der Waals surface area contributed by atoms with Gasteiger partial charge in [0.2, 0.25) is 5.91 Å². The molecule has 7 heteroatoms. The lowest BCUT2D eigenvalue weighted by Gasteiger charge is -2.43. The molecule has 0 radical (unpaired) electrons. The minimum absolute atomic E-state index is 0.0123. The molecule has 3 aromatic carbocycles. The van der Waals surface area contributed by atoms with Gasteiger partial charge in [-0.05, 0) is 42.7 Å². The van der Waals surface area contributed by atoms with Crippen LogP contribution in [-0.4, -0.2) is 71.3 Å². The Hall–Kier alpha value is -4.13. The zero-order valence-electron chi connectivity index (χ0n) is 21.1. The second kappa shape index (κ2) is 10.5. The summed E-state index contributed by atoms with van der Waals surface area (Å²) in [4.78, 5) is 47.4. The van der Waals surface area contributed by atoms with E-state index < -0.39 is 5.54 Å². The molecule has 0 saturated carbocycles. The van der Waals surface area contributed by atoms with Crippen LogP contribution in [0.5, 0.6) is 0 Å². The minimum atomic E-state index is -0.771. The predicted octanol–water partition coefficient (Wildman–Crippen LogP) is 3.63. The first kappa shape index (κ1) is 24.6. The summed E-state index contributed by atoms with van der Waals surface area (Å²) in [5.74, 6) is -0.148. The molecule has 0 unspecified atom stereocenters. The van der Waals surface area contributed by atoms with Crippen LogP contribution in [0.1, 0.15) is 28.8 Å². The summed E-state index contributed by atoms with van der Waals surface area (Å²) < 4.78 is 0. The van der Waals surface area contributed by atoms with Gasteiger partial charge in [0, 0.05) is 37.9 Å². The lowest BCUT2D eigenvalue weighted by atomic mass is 9.85. The molecule has 0 aliphatic carbocycles. The maximum absolute atomic E-state index is 13.9. The van der Waals surface area contributed by atoms with E-state index in [4.69, 9.17) is 0 Å². The van der Waals surface area contributed by atoms with Crippen molar-refractivity contribution in [2.45, 2.75) is 24.9 Å². The number of carbonyl (C=O) groups is 3. The molecule has 7 nitrogen and oxygen atoms in total. The lowest BCUT2D eigenvalue weighted by Crippen LogP contribution is -2.57. The van der Waals surface area contributed by atoms with E-state index in [1.54, 1.807) is 16.8 Å². The monoisotopic (exact) mass is 496 g/mol. The van der Waals surface area contributed by atoms with Crippen molar-refractivity contribution in [3.63, 3.8) is 0 Å². The van der Waals surface area contributed by atoms with Crippen LogP contribution in [0.4, 0.5) is 5.69 Å². The Kier molecular flexibility index (Phi) is 6.95. The van der Waals surface area contributed by atoms with Crippen LogP contribution in [0, 0.1) is 0 Å². The van der Waals surface area contributed by atoms with Crippen molar-refractivity contribution in [2.75, 3.05) is 38.3 Å². The number of likely N-dealkylation sites (tertiary alicyclic amines) is 1. The van der Waals surface area contributed by atoms with Gasteiger partial charge in [0.1, 0.15) is 12.1 Å². The van der Waals surface area contributed by atoms with Crippen molar-refractivity contribution in [1.82, 2.24) is 14.7 Å². The van der Waals surface area contributed by atoms with Gasteiger partial charge >= 0.3 is 0 Å². The molecule has 0 aromatic heterocycles. The fraction of sp³-hybridized carbons (Fsp3) is 0.300. The smallest absolute Gasteiger partial charge is 0.253 e. The number of hydrogen-bond donors (Lipinski definition) is 0. The van der Waals surface area contributed by atoms with Crippen LogP contribution in [-0.2, 0) is 16.1 Å². The summed E-state index contributed by atoms with van der Waals surface area (Å²) in [5.41, 5.74) is 1.88. The molecule has 0 N–H and O–H groups in total. The molecule has 2 aliphatic rings. The summed E-state index contributed by atoms with van der Waals surface area (Å²) in [6.45, 7) is 1.84. The summed E-state index contributed by atoms with van der Waals surface area (Å²) in [5, 5.41) is 0. The van der Waals surface area contributed by atoms with Gasteiger partial charge in [-0.3, -0.25) is 14.4 Å². The molecule has 0 atom stereocenters. The predicted molar refractivity (Wildman–Crippen MR) is 143 cm³/mol. The molecule has 3 aromatic rings. The van der Waals surface area contributed by atoms with E-state index in [-0.39, 0.29) is 24.3 Å². The number of amides is 3. The third-order valence-corrected chi connectivity index (χ3v) is 7.49. The van der Waals surface area contributed by atoms with Crippen molar-refractivity contribution < 1.29 is 14.4 Å². The average Bonchev–Trinajstić information content (AvgIpc) is 3.20. The summed E-state index contributed by atoms with van der Waals surface area (Å²) in [7, 11) is 1.77. The third kappa shape index (κ3) is 4.94. The molecular formula is C30H32N4O3. The van der Waals surface area contributed by atoms with Gasteiger partial charge in [0.05, 0.1) is 6.67 Å². The highest BCUT2D eigenvalue weighted by Gasteiger charge is 2.54. The van der Waals surface area contributed by atoms with Crippen LogP contribution in [0.2, 0.25) is 0 Å². The van der Waals surface area contributed by atoms with E-state index in [0.717, 1.165) is 11.3 Å². The van der Waals surface area contributed by atoms with Gasteiger partial charge in [-0.15, -0.1) is 0 Å². The van der Waals surface area contributed by atoms with E-state index >= 15 is 0 Å². The summed E-state index contributed by atoms with van der Waals surface area (Å²) >= 11 is 0. The van der Waals surface area contributed by atoms with Crippen LogP contribution in [0.3, 0.4) is 0 Å². The highest BCUT2D eigenvalue weighted by Crippen LogP contribution is 2.39. The quantitative estimate of drug-likeness (QED) is 0.523. The van der Waals surface area contributed by atoms with Crippen molar-refractivity contribution in [3.05, 3.63) is 102 Å². The zero-order chi connectivity index (χ0) is 25.8. The maximum Gasteiger partial charge on any atom is 0.253 e. The van der Waals surface area contributed by atoms with Gasteiger partial charge in [0.15, 0.2) is 0 Å². The zero-order valence-corrected chi connectivity index (χ0v) is 21.1. The molecule has 0 bridgehead atoms. The van der Waals surface area contributed by atoms with Gasteiger partial charge < -0.3 is 19.6 Å². The second-order valence-electron chi connectivity index (χ2n) is 9.83. The Morgan fingerprint density at radius 3 is 2.03 bits per heavy atom. The first-order valence-corrected chi connectivity index (χ1v) is 12.7. The number of anilines is 1. The highest BCUT2D eigenvalue weighted by atomic mass is 16.2. The summed E-state index contributed by atoms with van der Waals surface area (Å²) in [6, 6.07) is 29.0. The van der Waals surface area contributed by atoms with Gasteiger partial charge in [-0.2, -0.15) is 0 Å². The number of nitrogens with zero attached hydrogens (tertiary/aromatic N) is 4. The molecule has 2 fully saturated rings. The normalized spacial score (nSPS) is 16.8. The van der Waals surface area contributed by atoms with Gasteiger partial charge in [0.25, 0.3) is 11.8 Å². The van der Waals surface area contributed by atoms with E-state index in [1.807, 2.05) is 95.9 Å². The highest BCUT2D eigenvalue weighted by molar-refractivity contribution is 5.97.